The van der Waals surface area contributed by atoms with Crippen LogP contribution in [0.15, 0.2) is 30.7 Å². The van der Waals surface area contributed by atoms with Crippen molar-refractivity contribution in [3.63, 3.8) is 0 Å². The molecule has 0 radical (unpaired) electrons. The third kappa shape index (κ3) is 2.91. The fourth-order valence-electron chi connectivity index (χ4n) is 3.30. The highest BCUT2D eigenvalue weighted by Crippen LogP contribution is 2.37. The number of fused-ring (bicyclic) bond motifs is 1. The summed E-state index contributed by atoms with van der Waals surface area (Å²) in [4.78, 5) is 4.52. The van der Waals surface area contributed by atoms with E-state index in [0.29, 0.717) is 11.1 Å². The Hall–Kier alpha value is -2.32. The van der Waals surface area contributed by atoms with Crippen LogP contribution >= 0.6 is 0 Å². The Morgan fingerprint density at radius 3 is 2.43 bits per heavy atom. The van der Waals surface area contributed by atoms with Crippen molar-refractivity contribution in [3.05, 3.63) is 36.5 Å². The molecule has 28 heavy (non-hydrogen) atoms. The van der Waals surface area contributed by atoms with Crippen LogP contribution in [0, 0.1) is 5.82 Å². The van der Waals surface area contributed by atoms with E-state index in [1.165, 1.54) is 6.07 Å². The predicted molar refractivity (Wildman–Crippen MR) is 107 cm³/mol. The highest BCUT2D eigenvalue weighted by molar-refractivity contribution is 6.62. The molecule has 0 amide bonds. The molecule has 6 nitrogen and oxygen atoms in total. The number of benzene rings is 1. The molecule has 0 spiro atoms. The van der Waals surface area contributed by atoms with Crippen LogP contribution in [0.25, 0.3) is 22.3 Å². The van der Waals surface area contributed by atoms with Crippen LogP contribution in [-0.2, 0) is 9.31 Å². The molecular weight excluding hydrogens is 358 g/mol. The topological polar surface area (TPSA) is 62.1 Å². The summed E-state index contributed by atoms with van der Waals surface area (Å²) in [5.41, 5.74) is 2.30. The Balaban J connectivity index is 1.80. The molecule has 0 aliphatic carbocycles. The Kier molecular flexibility index (Phi) is 4.32. The SMILES string of the molecule is CC(C)n1cnc2c(-c3ccc(F)c(B4OC(C)(C)C(C)(C)O4)c3)cnnc21. The fourth-order valence-corrected chi connectivity index (χ4v) is 3.30. The summed E-state index contributed by atoms with van der Waals surface area (Å²) in [5, 5.41) is 8.36. The van der Waals surface area contributed by atoms with Crippen molar-refractivity contribution < 1.29 is 13.7 Å². The molecule has 1 fully saturated rings. The van der Waals surface area contributed by atoms with Gasteiger partial charge in [-0.2, -0.15) is 5.10 Å². The standard InChI is InChI=1S/C20H24BFN4O2/c1-12(2)26-11-23-17-14(10-24-25-18(17)26)13-7-8-16(22)15(9-13)21-27-19(3,4)20(5,6)28-21/h7-12H,1-6H3. The molecule has 3 heterocycles. The number of rotatable bonds is 3. The van der Waals surface area contributed by atoms with Crippen molar-refractivity contribution in [1.82, 2.24) is 19.7 Å². The molecule has 1 aromatic carbocycles. The molecule has 1 aliphatic heterocycles. The zero-order valence-electron chi connectivity index (χ0n) is 17.0. The summed E-state index contributed by atoms with van der Waals surface area (Å²) in [6, 6.07) is 5.11. The molecule has 146 valence electrons. The minimum Gasteiger partial charge on any atom is -0.399 e. The van der Waals surface area contributed by atoms with Gasteiger partial charge in [-0.15, -0.1) is 5.10 Å². The van der Waals surface area contributed by atoms with E-state index in [2.05, 4.69) is 29.0 Å². The molecule has 4 rings (SSSR count). The van der Waals surface area contributed by atoms with Crippen LogP contribution in [0.5, 0.6) is 0 Å². The van der Waals surface area contributed by atoms with E-state index in [9.17, 15) is 4.39 Å². The van der Waals surface area contributed by atoms with Crippen LogP contribution in [0.2, 0.25) is 0 Å². The molecule has 0 atom stereocenters. The first-order valence-corrected chi connectivity index (χ1v) is 9.44. The first-order valence-electron chi connectivity index (χ1n) is 9.44. The van der Waals surface area contributed by atoms with Gasteiger partial charge in [0.15, 0.2) is 5.65 Å². The van der Waals surface area contributed by atoms with Crippen molar-refractivity contribution in [2.75, 3.05) is 0 Å². The molecule has 8 heteroatoms. The maximum atomic E-state index is 14.7. The van der Waals surface area contributed by atoms with Crippen LogP contribution in [-0.4, -0.2) is 38.1 Å². The lowest BCUT2D eigenvalue weighted by Gasteiger charge is -2.32. The van der Waals surface area contributed by atoms with E-state index in [1.807, 2.05) is 32.3 Å². The monoisotopic (exact) mass is 382 g/mol. The predicted octanol–water partition coefficient (Wildman–Crippen LogP) is 3.51. The minimum atomic E-state index is -0.775. The average Bonchev–Trinajstić information content (AvgIpc) is 3.13. The molecule has 0 bridgehead atoms. The summed E-state index contributed by atoms with van der Waals surface area (Å²) < 4.78 is 28.7. The molecule has 1 saturated heterocycles. The highest BCUT2D eigenvalue weighted by Gasteiger charge is 2.52. The third-order valence-corrected chi connectivity index (χ3v) is 5.73. The Morgan fingerprint density at radius 1 is 1.11 bits per heavy atom. The second kappa shape index (κ2) is 6.35. The number of aromatic nitrogens is 4. The Labute approximate surface area is 164 Å². The first kappa shape index (κ1) is 19.0. The number of nitrogens with zero attached hydrogens (tertiary/aromatic N) is 4. The second-order valence-corrected chi connectivity index (χ2v) is 8.50. The van der Waals surface area contributed by atoms with E-state index in [4.69, 9.17) is 9.31 Å². The van der Waals surface area contributed by atoms with Crippen molar-refractivity contribution in [1.29, 1.82) is 0 Å². The van der Waals surface area contributed by atoms with Crippen LogP contribution in [0.1, 0.15) is 47.6 Å². The maximum absolute atomic E-state index is 14.7. The highest BCUT2D eigenvalue weighted by atomic mass is 19.1. The van der Waals surface area contributed by atoms with Gasteiger partial charge < -0.3 is 13.9 Å². The minimum absolute atomic E-state index is 0.211. The fraction of sp³-hybridized carbons (Fsp3) is 0.450. The van der Waals surface area contributed by atoms with Gasteiger partial charge in [0.25, 0.3) is 0 Å². The van der Waals surface area contributed by atoms with Gasteiger partial charge in [-0.3, -0.25) is 0 Å². The molecule has 0 unspecified atom stereocenters. The second-order valence-electron chi connectivity index (χ2n) is 8.50. The van der Waals surface area contributed by atoms with Gasteiger partial charge in [0.05, 0.1) is 23.7 Å². The maximum Gasteiger partial charge on any atom is 0.497 e. The largest absolute Gasteiger partial charge is 0.497 e. The normalized spacial score (nSPS) is 18.4. The summed E-state index contributed by atoms with van der Waals surface area (Å²) in [5.74, 6) is -0.367. The molecule has 0 N–H and O–H groups in total. The van der Waals surface area contributed by atoms with E-state index in [1.54, 1.807) is 24.7 Å². The summed E-state index contributed by atoms with van der Waals surface area (Å²) in [6.45, 7) is 11.9. The van der Waals surface area contributed by atoms with Crippen molar-refractivity contribution in [2.24, 2.45) is 0 Å². The van der Waals surface area contributed by atoms with Gasteiger partial charge in [-0.1, -0.05) is 12.1 Å². The smallest absolute Gasteiger partial charge is 0.399 e. The zero-order valence-corrected chi connectivity index (χ0v) is 17.0. The van der Waals surface area contributed by atoms with Crippen LogP contribution < -0.4 is 5.46 Å². The van der Waals surface area contributed by atoms with Gasteiger partial charge in [0.2, 0.25) is 0 Å². The van der Waals surface area contributed by atoms with Gasteiger partial charge >= 0.3 is 7.12 Å². The molecule has 2 aromatic heterocycles. The zero-order chi connectivity index (χ0) is 20.3. The summed E-state index contributed by atoms with van der Waals surface area (Å²) in [7, 11) is -0.775. The molecule has 0 saturated carbocycles. The number of hydrogen-bond donors (Lipinski definition) is 0. The quantitative estimate of drug-likeness (QED) is 0.649. The molecular formula is C20H24BFN4O2. The van der Waals surface area contributed by atoms with Gasteiger partial charge in [-0.05, 0) is 53.2 Å². The summed E-state index contributed by atoms with van der Waals surface area (Å²) >= 11 is 0. The third-order valence-electron chi connectivity index (χ3n) is 5.73. The average molecular weight is 382 g/mol. The lowest BCUT2D eigenvalue weighted by atomic mass is 9.77. The first-order chi connectivity index (χ1) is 13.1. The number of hydrogen-bond acceptors (Lipinski definition) is 5. The lowest BCUT2D eigenvalue weighted by molar-refractivity contribution is 0.00578. The summed E-state index contributed by atoms with van der Waals surface area (Å²) in [6.07, 6.45) is 3.41. The molecule has 3 aromatic rings. The number of imidazole rings is 1. The van der Waals surface area contributed by atoms with E-state index in [0.717, 1.165) is 16.6 Å². The van der Waals surface area contributed by atoms with Gasteiger partial charge in [0, 0.05) is 17.1 Å². The van der Waals surface area contributed by atoms with Gasteiger partial charge in [0.1, 0.15) is 11.3 Å². The van der Waals surface area contributed by atoms with Crippen molar-refractivity contribution in [3.8, 4) is 11.1 Å². The molecule has 1 aliphatic rings. The van der Waals surface area contributed by atoms with Crippen LogP contribution in [0.4, 0.5) is 4.39 Å². The van der Waals surface area contributed by atoms with E-state index in [-0.39, 0.29) is 11.9 Å². The lowest BCUT2D eigenvalue weighted by Crippen LogP contribution is -2.41. The van der Waals surface area contributed by atoms with Crippen LogP contribution in [0.3, 0.4) is 0 Å². The Bertz CT molecular complexity index is 1030. The van der Waals surface area contributed by atoms with Gasteiger partial charge in [-0.25, -0.2) is 9.37 Å². The van der Waals surface area contributed by atoms with E-state index >= 15 is 0 Å². The van der Waals surface area contributed by atoms with Crippen molar-refractivity contribution >= 4 is 23.7 Å². The Morgan fingerprint density at radius 2 is 1.79 bits per heavy atom. The number of halogens is 1. The van der Waals surface area contributed by atoms with Crippen molar-refractivity contribution in [2.45, 2.75) is 58.8 Å². The van der Waals surface area contributed by atoms with E-state index < -0.39 is 18.3 Å².